The molecule has 1 aromatic heterocycles. The van der Waals surface area contributed by atoms with Crippen molar-refractivity contribution < 1.29 is 14.9 Å². The molecule has 0 spiro atoms. The third kappa shape index (κ3) is 4.66. The third-order valence-corrected chi connectivity index (χ3v) is 2.91. The van der Waals surface area contributed by atoms with Crippen LogP contribution in [0.1, 0.15) is 45.9 Å². The molecule has 2 unspecified atom stereocenters. The van der Waals surface area contributed by atoms with E-state index in [4.69, 9.17) is 9.84 Å². The van der Waals surface area contributed by atoms with Crippen molar-refractivity contribution in [3.8, 4) is 0 Å². The molecule has 3 atom stereocenters. The maximum absolute atomic E-state index is 11.6. The lowest BCUT2D eigenvalue weighted by molar-refractivity contribution is -0.0459. The van der Waals surface area contributed by atoms with Crippen LogP contribution in [0.4, 0.5) is 0 Å². The summed E-state index contributed by atoms with van der Waals surface area (Å²) in [4.78, 5) is 25.1. The zero-order chi connectivity index (χ0) is 17.3. The van der Waals surface area contributed by atoms with Crippen molar-refractivity contribution in [2.45, 2.75) is 52.6 Å². The Morgan fingerprint density at radius 1 is 1.41 bits per heavy atom. The number of aliphatic hydroxyl groups is 2. The summed E-state index contributed by atoms with van der Waals surface area (Å²) in [5.41, 5.74) is -0.912. The normalized spacial score (nSPS) is 22.9. The van der Waals surface area contributed by atoms with Crippen molar-refractivity contribution in [2.75, 3.05) is 6.61 Å². The van der Waals surface area contributed by atoms with E-state index in [1.165, 1.54) is 16.8 Å². The first-order chi connectivity index (χ1) is 10.6. The summed E-state index contributed by atoms with van der Waals surface area (Å²) in [7, 11) is 0. The van der Waals surface area contributed by atoms with Gasteiger partial charge in [0.2, 0.25) is 0 Å². The molecule has 1 saturated heterocycles. The summed E-state index contributed by atoms with van der Waals surface area (Å²) < 4.78 is 6.51. The van der Waals surface area contributed by atoms with Gasteiger partial charge < -0.3 is 14.9 Å². The summed E-state index contributed by atoms with van der Waals surface area (Å²) in [5, 5.41) is 18.6. The Morgan fingerprint density at radius 3 is 2.45 bits per heavy atom. The van der Waals surface area contributed by atoms with Gasteiger partial charge in [0.25, 0.3) is 5.56 Å². The number of aromatic nitrogens is 2. The van der Waals surface area contributed by atoms with Gasteiger partial charge in [-0.1, -0.05) is 40.3 Å². The number of hydrogen-bond acceptors (Lipinski definition) is 5. The molecule has 2 rings (SSSR count). The SMILES string of the molecule is C=Cc1cn(C2C[C@H](O)C(CO)O2)c(=O)[nH]c1=O.CC.CC. The highest BCUT2D eigenvalue weighted by molar-refractivity contribution is 5.43. The molecule has 0 amide bonds. The van der Waals surface area contributed by atoms with Crippen molar-refractivity contribution in [3.63, 3.8) is 0 Å². The van der Waals surface area contributed by atoms with Gasteiger partial charge in [0, 0.05) is 12.6 Å². The second-order valence-corrected chi connectivity index (χ2v) is 4.07. The first-order valence-corrected chi connectivity index (χ1v) is 7.49. The van der Waals surface area contributed by atoms with Gasteiger partial charge in [0.05, 0.1) is 18.3 Å². The summed E-state index contributed by atoms with van der Waals surface area (Å²) in [6, 6.07) is 0. The largest absolute Gasteiger partial charge is 0.394 e. The van der Waals surface area contributed by atoms with E-state index < -0.39 is 29.7 Å². The van der Waals surface area contributed by atoms with Gasteiger partial charge in [-0.3, -0.25) is 14.3 Å². The average molecular weight is 314 g/mol. The number of H-pyrrole nitrogens is 1. The molecular formula is C15H26N2O5. The topological polar surface area (TPSA) is 105 Å². The molecule has 22 heavy (non-hydrogen) atoms. The predicted molar refractivity (Wildman–Crippen MR) is 85.7 cm³/mol. The Morgan fingerprint density at radius 2 is 2.00 bits per heavy atom. The number of aromatic amines is 1. The van der Waals surface area contributed by atoms with Crippen LogP contribution in [0, 0.1) is 0 Å². The predicted octanol–water partition coefficient (Wildman–Crippen LogP) is 0.873. The number of nitrogens with one attached hydrogen (secondary N) is 1. The van der Waals surface area contributed by atoms with Crippen LogP contribution in [0.2, 0.25) is 0 Å². The first kappa shape index (κ1) is 20.3. The van der Waals surface area contributed by atoms with E-state index in [2.05, 4.69) is 11.6 Å². The molecule has 7 heteroatoms. The van der Waals surface area contributed by atoms with Crippen LogP contribution in [-0.2, 0) is 4.74 Å². The van der Waals surface area contributed by atoms with Gasteiger partial charge in [-0.25, -0.2) is 4.79 Å². The average Bonchev–Trinajstić information content (AvgIpc) is 2.92. The molecule has 3 N–H and O–H groups in total. The minimum atomic E-state index is -0.842. The van der Waals surface area contributed by atoms with E-state index in [9.17, 15) is 14.7 Å². The van der Waals surface area contributed by atoms with Crippen LogP contribution in [0.25, 0.3) is 6.08 Å². The van der Waals surface area contributed by atoms with Gasteiger partial charge in [-0.2, -0.15) is 0 Å². The van der Waals surface area contributed by atoms with Gasteiger partial charge in [0.1, 0.15) is 12.3 Å². The molecule has 0 bridgehead atoms. The lowest BCUT2D eigenvalue weighted by Gasteiger charge is -2.14. The first-order valence-electron chi connectivity index (χ1n) is 7.49. The van der Waals surface area contributed by atoms with Crippen LogP contribution in [0.15, 0.2) is 22.4 Å². The van der Waals surface area contributed by atoms with Crippen LogP contribution >= 0.6 is 0 Å². The fraction of sp³-hybridized carbons (Fsp3) is 0.600. The smallest absolute Gasteiger partial charge is 0.330 e. The lowest BCUT2D eigenvalue weighted by atomic mass is 10.2. The van der Waals surface area contributed by atoms with Gasteiger partial charge >= 0.3 is 5.69 Å². The Labute approximate surface area is 129 Å². The van der Waals surface area contributed by atoms with E-state index >= 15 is 0 Å². The quantitative estimate of drug-likeness (QED) is 0.768. The summed E-state index contributed by atoms with van der Waals surface area (Å²) in [5.74, 6) is 0. The van der Waals surface area contributed by atoms with E-state index in [1.807, 2.05) is 27.7 Å². The highest BCUT2D eigenvalue weighted by Crippen LogP contribution is 2.27. The minimum absolute atomic E-state index is 0.174. The molecule has 0 saturated carbocycles. The highest BCUT2D eigenvalue weighted by Gasteiger charge is 2.34. The van der Waals surface area contributed by atoms with Crippen molar-refractivity contribution >= 4 is 6.08 Å². The Hall–Kier alpha value is -1.70. The fourth-order valence-corrected chi connectivity index (χ4v) is 1.91. The van der Waals surface area contributed by atoms with Crippen molar-refractivity contribution in [2.24, 2.45) is 0 Å². The van der Waals surface area contributed by atoms with E-state index in [0.717, 1.165) is 0 Å². The summed E-state index contributed by atoms with van der Waals surface area (Å²) >= 11 is 0. The molecule has 0 radical (unpaired) electrons. The zero-order valence-corrected chi connectivity index (χ0v) is 13.6. The van der Waals surface area contributed by atoms with Crippen molar-refractivity contribution in [3.05, 3.63) is 39.2 Å². The molecule has 0 aromatic carbocycles. The van der Waals surface area contributed by atoms with Crippen molar-refractivity contribution in [1.29, 1.82) is 0 Å². The zero-order valence-electron chi connectivity index (χ0n) is 13.6. The Balaban J connectivity index is 0.00000102. The number of ether oxygens (including phenoxy) is 1. The number of hydrogen-bond donors (Lipinski definition) is 3. The maximum Gasteiger partial charge on any atom is 0.330 e. The van der Waals surface area contributed by atoms with Crippen molar-refractivity contribution in [1.82, 2.24) is 9.55 Å². The van der Waals surface area contributed by atoms with E-state index in [-0.39, 0.29) is 18.6 Å². The second-order valence-electron chi connectivity index (χ2n) is 4.07. The molecular weight excluding hydrogens is 288 g/mol. The van der Waals surface area contributed by atoms with Gasteiger partial charge in [-0.05, 0) is 0 Å². The van der Waals surface area contributed by atoms with Gasteiger partial charge in [0.15, 0.2) is 0 Å². The summed E-state index contributed by atoms with van der Waals surface area (Å²) in [6.45, 7) is 11.1. The lowest BCUT2D eigenvalue weighted by Crippen LogP contribution is -2.33. The molecule has 1 aliphatic rings. The second kappa shape index (κ2) is 10.1. The maximum atomic E-state index is 11.6. The van der Waals surface area contributed by atoms with Crippen LogP contribution in [0.5, 0.6) is 0 Å². The van der Waals surface area contributed by atoms with E-state index in [0.29, 0.717) is 0 Å². The molecule has 126 valence electrons. The Bertz CT molecular complexity index is 564. The molecule has 0 aliphatic carbocycles. The number of aliphatic hydroxyl groups excluding tert-OH is 2. The summed E-state index contributed by atoms with van der Waals surface area (Å²) in [6.07, 6.45) is 0.551. The number of nitrogens with zero attached hydrogens (tertiary/aromatic N) is 1. The fourth-order valence-electron chi connectivity index (χ4n) is 1.91. The molecule has 2 heterocycles. The molecule has 1 aliphatic heterocycles. The third-order valence-electron chi connectivity index (χ3n) is 2.91. The van der Waals surface area contributed by atoms with E-state index in [1.54, 1.807) is 0 Å². The highest BCUT2D eigenvalue weighted by atomic mass is 16.5. The number of rotatable bonds is 3. The monoisotopic (exact) mass is 314 g/mol. The van der Waals surface area contributed by atoms with Crippen LogP contribution in [-0.4, -0.2) is 38.6 Å². The van der Waals surface area contributed by atoms with Crippen LogP contribution < -0.4 is 11.2 Å². The molecule has 1 aromatic rings. The molecule has 7 nitrogen and oxygen atoms in total. The Kier molecular flexibility index (Phi) is 9.32. The molecule has 1 fully saturated rings. The van der Waals surface area contributed by atoms with Gasteiger partial charge in [-0.15, -0.1) is 0 Å². The standard InChI is InChI=1S/C11H14N2O5.2C2H6/c1-2-6-4-13(11(17)12-10(6)16)9-3-7(15)8(5-14)18-9;2*1-2/h2,4,7-9,14-15H,1,3,5H2,(H,12,16,17);2*1-2H3/t7-,8?,9?;;/m0../s1. The van der Waals surface area contributed by atoms with Crippen LogP contribution in [0.3, 0.4) is 0 Å². The minimum Gasteiger partial charge on any atom is -0.394 e.